The molecule has 2 heterocycles. The first kappa shape index (κ1) is 16.0. The standard InChI is InChI=1S/C17H19NO4S/c1-22-8-4-7-18-15(19)9-12(17(20)21)16(18)13-10-23-14-6-3-2-5-11(13)14/h2-3,5-6,10,12,16H,4,7-9H2,1H3,(H,20,21)/t12-,16-/m0/s1. The number of fused-ring (bicyclic) bond motifs is 1. The number of benzene rings is 1. The highest BCUT2D eigenvalue weighted by Crippen LogP contribution is 2.43. The van der Waals surface area contributed by atoms with Crippen LogP contribution in [0, 0.1) is 5.92 Å². The molecule has 1 fully saturated rings. The van der Waals surface area contributed by atoms with E-state index in [9.17, 15) is 14.7 Å². The van der Waals surface area contributed by atoms with Crippen molar-refractivity contribution < 1.29 is 19.4 Å². The summed E-state index contributed by atoms with van der Waals surface area (Å²) in [6.07, 6.45) is 0.768. The predicted molar refractivity (Wildman–Crippen MR) is 88.5 cm³/mol. The zero-order chi connectivity index (χ0) is 16.4. The number of methoxy groups -OCH3 is 1. The van der Waals surface area contributed by atoms with Crippen LogP contribution in [-0.2, 0) is 14.3 Å². The fourth-order valence-electron chi connectivity index (χ4n) is 3.27. The zero-order valence-corrected chi connectivity index (χ0v) is 13.7. The molecule has 5 nitrogen and oxygen atoms in total. The van der Waals surface area contributed by atoms with Crippen molar-refractivity contribution in [1.82, 2.24) is 4.90 Å². The minimum absolute atomic E-state index is 0.0666. The SMILES string of the molecule is COCCCN1C(=O)C[C@H](C(=O)O)[C@H]1c1csc2ccccc12. The number of hydrogen-bond donors (Lipinski definition) is 1. The van der Waals surface area contributed by atoms with Crippen molar-refractivity contribution in [3.63, 3.8) is 0 Å². The van der Waals surface area contributed by atoms with E-state index < -0.39 is 17.9 Å². The van der Waals surface area contributed by atoms with Crippen LogP contribution in [0.4, 0.5) is 0 Å². The lowest BCUT2D eigenvalue weighted by atomic mass is 9.93. The van der Waals surface area contributed by atoms with E-state index in [2.05, 4.69) is 0 Å². The van der Waals surface area contributed by atoms with Gasteiger partial charge in [-0.05, 0) is 28.8 Å². The van der Waals surface area contributed by atoms with Gasteiger partial charge in [0.1, 0.15) is 0 Å². The molecule has 122 valence electrons. The number of carbonyl (C=O) groups is 2. The summed E-state index contributed by atoms with van der Waals surface area (Å²) in [6, 6.07) is 7.53. The fraction of sp³-hybridized carbons (Fsp3) is 0.412. The number of carbonyl (C=O) groups excluding carboxylic acids is 1. The number of amides is 1. The number of aliphatic carboxylic acids is 1. The van der Waals surface area contributed by atoms with Crippen LogP contribution in [0.2, 0.25) is 0 Å². The maximum Gasteiger partial charge on any atom is 0.309 e. The van der Waals surface area contributed by atoms with Gasteiger partial charge in [-0.15, -0.1) is 11.3 Å². The van der Waals surface area contributed by atoms with Crippen LogP contribution in [-0.4, -0.2) is 42.1 Å². The lowest BCUT2D eigenvalue weighted by Gasteiger charge is -2.27. The third-order valence-corrected chi connectivity index (χ3v) is 5.31. The van der Waals surface area contributed by atoms with E-state index >= 15 is 0 Å². The Hall–Kier alpha value is -1.92. The third kappa shape index (κ3) is 2.96. The quantitative estimate of drug-likeness (QED) is 0.826. The highest BCUT2D eigenvalue weighted by atomic mass is 32.1. The number of thiophene rings is 1. The maximum atomic E-state index is 12.4. The van der Waals surface area contributed by atoms with Crippen molar-refractivity contribution >= 4 is 33.3 Å². The largest absolute Gasteiger partial charge is 0.481 e. The molecular formula is C17H19NO4S. The molecule has 0 radical (unpaired) electrons. The van der Waals surface area contributed by atoms with E-state index in [1.165, 1.54) is 0 Å². The normalized spacial score (nSPS) is 21.3. The highest BCUT2D eigenvalue weighted by Gasteiger charge is 2.45. The van der Waals surface area contributed by atoms with E-state index in [1.54, 1.807) is 23.3 Å². The molecule has 0 bridgehead atoms. The van der Waals surface area contributed by atoms with Gasteiger partial charge in [-0.25, -0.2) is 0 Å². The van der Waals surface area contributed by atoms with Crippen molar-refractivity contribution in [3.8, 4) is 0 Å². The van der Waals surface area contributed by atoms with E-state index in [0.717, 1.165) is 15.6 Å². The van der Waals surface area contributed by atoms with Gasteiger partial charge in [0, 0.05) is 31.4 Å². The van der Waals surface area contributed by atoms with Crippen molar-refractivity contribution in [2.45, 2.75) is 18.9 Å². The van der Waals surface area contributed by atoms with Gasteiger partial charge < -0.3 is 14.7 Å². The molecule has 0 unspecified atom stereocenters. The highest BCUT2D eigenvalue weighted by molar-refractivity contribution is 7.17. The van der Waals surface area contributed by atoms with Crippen LogP contribution in [0.25, 0.3) is 10.1 Å². The summed E-state index contributed by atoms with van der Waals surface area (Å²) in [4.78, 5) is 25.7. The maximum absolute atomic E-state index is 12.4. The Morgan fingerprint density at radius 2 is 2.22 bits per heavy atom. The molecule has 2 aromatic rings. The van der Waals surface area contributed by atoms with Gasteiger partial charge in [0.15, 0.2) is 0 Å². The first-order valence-corrected chi connectivity index (χ1v) is 8.48. The summed E-state index contributed by atoms with van der Waals surface area (Å²) >= 11 is 1.59. The second-order valence-corrected chi connectivity index (χ2v) is 6.63. The molecular weight excluding hydrogens is 314 g/mol. The Labute approximate surface area is 138 Å². The summed E-state index contributed by atoms with van der Waals surface area (Å²) in [7, 11) is 1.62. The van der Waals surface area contributed by atoms with Gasteiger partial charge in [-0.3, -0.25) is 9.59 Å². The number of ether oxygens (including phenoxy) is 1. The van der Waals surface area contributed by atoms with Crippen LogP contribution in [0.15, 0.2) is 29.6 Å². The molecule has 1 aliphatic rings. The minimum Gasteiger partial charge on any atom is -0.481 e. The van der Waals surface area contributed by atoms with Gasteiger partial charge in [0.25, 0.3) is 0 Å². The Morgan fingerprint density at radius 3 is 2.96 bits per heavy atom. The number of likely N-dealkylation sites (tertiary alicyclic amines) is 1. The average molecular weight is 333 g/mol. The van der Waals surface area contributed by atoms with E-state index in [0.29, 0.717) is 19.6 Å². The van der Waals surface area contributed by atoms with Gasteiger partial charge in [0.2, 0.25) is 5.91 Å². The molecule has 0 saturated carbocycles. The topological polar surface area (TPSA) is 66.8 Å². The van der Waals surface area contributed by atoms with Crippen molar-refractivity contribution in [2.24, 2.45) is 5.92 Å². The third-order valence-electron chi connectivity index (χ3n) is 4.33. The summed E-state index contributed by atoms with van der Waals surface area (Å²) < 4.78 is 6.17. The monoisotopic (exact) mass is 333 g/mol. The second kappa shape index (κ2) is 6.68. The summed E-state index contributed by atoms with van der Waals surface area (Å²) in [5, 5.41) is 12.6. The Kier molecular flexibility index (Phi) is 4.63. The Balaban J connectivity index is 1.99. The number of hydrogen-bond acceptors (Lipinski definition) is 4. The van der Waals surface area contributed by atoms with E-state index in [1.807, 2.05) is 29.6 Å². The molecule has 3 rings (SSSR count). The predicted octanol–water partition coefficient (Wildman–Crippen LogP) is 2.91. The molecule has 1 aliphatic heterocycles. The van der Waals surface area contributed by atoms with Crippen molar-refractivity contribution in [2.75, 3.05) is 20.3 Å². The second-order valence-electron chi connectivity index (χ2n) is 5.71. The van der Waals surface area contributed by atoms with Crippen LogP contribution in [0.3, 0.4) is 0 Å². The van der Waals surface area contributed by atoms with Crippen LogP contribution < -0.4 is 0 Å². The van der Waals surface area contributed by atoms with Crippen LogP contribution >= 0.6 is 11.3 Å². The molecule has 23 heavy (non-hydrogen) atoms. The molecule has 1 aromatic carbocycles. The Bertz CT molecular complexity index is 726. The molecule has 1 amide bonds. The van der Waals surface area contributed by atoms with Crippen LogP contribution in [0.1, 0.15) is 24.4 Å². The van der Waals surface area contributed by atoms with Crippen LogP contribution in [0.5, 0.6) is 0 Å². The van der Waals surface area contributed by atoms with Crippen molar-refractivity contribution in [3.05, 3.63) is 35.2 Å². The van der Waals surface area contributed by atoms with Gasteiger partial charge in [-0.2, -0.15) is 0 Å². The Morgan fingerprint density at radius 1 is 1.43 bits per heavy atom. The molecule has 6 heteroatoms. The van der Waals surface area contributed by atoms with Crippen molar-refractivity contribution in [1.29, 1.82) is 0 Å². The molecule has 1 saturated heterocycles. The summed E-state index contributed by atoms with van der Waals surface area (Å²) in [6.45, 7) is 1.07. The van der Waals surface area contributed by atoms with Gasteiger partial charge in [-0.1, -0.05) is 18.2 Å². The van der Waals surface area contributed by atoms with E-state index in [4.69, 9.17) is 4.74 Å². The summed E-state index contributed by atoms with van der Waals surface area (Å²) in [5.74, 6) is -1.69. The lowest BCUT2D eigenvalue weighted by molar-refractivity contribution is -0.142. The molecule has 0 aliphatic carbocycles. The molecule has 1 aromatic heterocycles. The minimum atomic E-state index is -0.909. The number of rotatable bonds is 6. The fourth-order valence-corrected chi connectivity index (χ4v) is 4.26. The number of carboxylic acids is 1. The lowest BCUT2D eigenvalue weighted by Crippen LogP contribution is -2.31. The van der Waals surface area contributed by atoms with Gasteiger partial charge in [0.05, 0.1) is 12.0 Å². The molecule has 1 N–H and O–H groups in total. The molecule has 2 atom stereocenters. The zero-order valence-electron chi connectivity index (χ0n) is 12.9. The number of nitrogens with zero attached hydrogens (tertiary/aromatic N) is 1. The molecule has 0 spiro atoms. The average Bonchev–Trinajstić information content (AvgIpc) is 3.09. The summed E-state index contributed by atoms with van der Waals surface area (Å²) in [5.41, 5.74) is 0.946. The van der Waals surface area contributed by atoms with E-state index in [-0.39, 0.29) is 12.3 Å². The first-order chi connectivity index (χ1) is 11.1. The van der Waals surface area contributed by atoms with Gasteiger partial charge >= 0.3 is 5.97 Å². The first-order valence-electron chi connectivity index (χ1n) is 7.61. The number of carboxylic acid groups (broad SMARTS) is 1. The smallest absolute Gasteiger partial charge is 0.309 e.